The van der Waals surface area contributed by atoms with Crippen LogP contribution in [-0.2, 0) is 0 Å². The molecule has 7 heteroatoms. The van der Waals surface area contributed by atoms with Gasteiger partial charge in [-0.3, -0.25) is 4.79 Å². The van der Waals surface area contributed by atoms with Crippen LogP contribution in [0.3, 0.4) is 0 Å². The fourth-order valence-corrected chi connectivity index (χ4v) is 2.38. The Labute approximate surface area is 154 Å². The molecule has 0 aliphatic carbocycles. The second-order valence-corrected chi connectivity index (χ2v) is 6.31. The summed E-state index contributed by atoms with van der Waals surface area (Å²) in [6, 6.07) is 9.27. The summed E-state index contributed by atoms with van der Waals surface area (Å²) in [5.41, 5.74) is 2.96. The van der Waals surface area contributed by atoms with Gasteiger partial charge in [0.25, 0.3) is 5.91 Å². The van der Waals surface area contributed by atoms with Gasteiger partial charge in [0.15, 0.2) is 11.5 Å². The summed E-state index contributed by atoms with van der Waals surface area (Å²) in [5, 5.41) is 3.79. The quantitative estimate of drug-likeness (QED) is 0.576. The van der Waals surface area contributed by atoms with Gasteiger partial charge in [0.1, 0.15) is 5.82 Å². The zero-order valence-electron chi connectivity index (χ0n) is 14.0. The monoisotopic (exact) mass is 408 g/mol. The third-order valence-corrected chi connectivity index (χ3v) is 3.61. The number of carbonyl (C=O) groups excluding carboxylic acids is 1. The van der Waals surface area contributed by atoms with Crippen molar-refractivity contribution >= 4 is 28.1 Å². The predicted molar refractivity (Wildman–Crippen MR) is 97.9 cm³/mol. The number of benzene rings is 2. The minimum absolute atomic E-state index is 0.0155. The lowest BCUT2D eigenvalue weighted by Crippen LogP contribution is -2.18. The van der Waals surface area contributed by atoms with Crippen LogP contribution in [0.4, 0.5) is 4.39 Å². The van der Waals surface area contributed by atoms with Gasteiger partial charge in [0.05, 0.1) is 19.4 Å². The number of rotatable bonds is 6. The molecule has 1 N–H and O–H groups in total. The number of halogens is 2. The molecule has 2 rings (SSSR count). The zero-order chi connectivity index (χ0) is 18.4. The Hall–Kier alpha value is -2.41. The molecule has 0 heterocycles. The molecule has 0 aliphatic heterocycles. The maximum atomic E-state index is 13.6. The van der Waals surface area contributed by atoms with Gasteiger partial charge in [0, 0.05) is 15.6 Å². The molecule has 1 amide bonds. The van der Waals surface area contributed by atoms with Crippen molar-refractivity contribution in [1.82, 2.24) is 5.43 Å². The number of nitrogens with zero attached hydrogens (tertiary/aromatic N) is 1. The molecule has 2 aromatic carbocycles. The molecule has 0 unspecified atom stereocenters. The topological polar surface area (TPSA) is 59.9 Å². The second kappa shape index (κ2) is 8.62. The number of amides is 1. The predicted octanol–water partition coefficient (Wildman–Crippen LogP) is 4.15. The van der Waals surface area contributed by atoms with E-state index in [1.165, 1.54) is 19.4 Å². The summed E-state index contributed by atoms with van der Waals surface area (Å²) in [6.45, 7) is 3.80. The van der Waals surface area contributed by atoms with Gasteiger partial charge in [-0.15, -0.1) is 0 Å². The summed E-state index contributed by atoms with van der Waals surface area (Å²) < 4.78 is 25.2. The normalized spacial score (nSPS) is 11.0. The minimum atomic E-state index is -0.443. The largest absolute Gasteiger partial charge is 0.493 e. The van der Waals surface area contributed by atoms with Gasteiger partial charge in [-0.2, -0.15) is 5.10 Å². The first-order chi connectivity index (χ1) is 11.9. The first-order valence-electron chi connectivity index (χ1n) is 7.54. The van der Waals surface area contributed by atoms with Crippen molar-refractivity contribution in [2.75, 3.05) is 7.11 Å². The smallest absolute Gasteiger partial charge is 0.271 e. The maximum absolute atomic E-state index is 13.6. The Balaban J connectivity index is 2.10. The Bertz CT molecular complexity index is 794. The molecule has 0 aliphatic rings. The molecule has 0 bridgehead atoms. The standard InChI is InChI=1S/C18H18BrFN2O3/c1-11(2)25-16-7-4-12(9-17(16)24-3)18(23)22-21-10-13-8-14(19)5-6-15(13)20/h4-11H,1-3H3,(H,22,23)/b21-10+. The number of methoxy groups -OCH3 is 1. The van der Waals surface area contributed by atoms with E-state index in [0.29, 0.717) is 21.5 Å². The van der Waals surface area contributed by atoms with E-state index in [-0.39, 0.29) is 11.7 Å². The Morgan fingerprint density at radius 2 is 2.00 bits per heavy atom. The summed E-state index contributed by atoms with van der Waals surface area (Å²) in [6.07, 6.45) is 1.23. The van der Waals surface area contributed by atoms with Gasteiger partial charge in [-0.25, -0.2) is 9.82 Å². The molecule has 132 valence electrons. The molecule has 0 saturated carbocycles. The van der Waals surface area contributed by atoms with E-state index in [9.17, 15) is 9.18 Å². The molecule has 0 atom stereocenters. The highest BCUT2D eigenvalue weighted by Gasteiger charge is 2.11. The molecule has 0 aromatic heterocycles. The highest BCUT2D eigenvalue weighted by molar-refractivity contribution is 9.10. The molecular weight excluding hydrogens is 391 g/mol. The van der Waals surface area contributed by atoms with Crippen molar-refractivity contribution in [1.29, 1.82) is 0 Å². The molecule has 0 spiro atoms. The first-order valence-corrected chi connectivity index (χ1v) is 8.33. The van der Waals surface area contributed by atoms with Crippen molar-refractivity contribution in [3.8, 4) is 11.5 Å². The molecule has 5 nitrogen and oxygen atoms in total. The third kappa shape index (κ3) is 5.29. The van der Waals surface area contributed by atoms with Crippen LogP contribution in [0.15, 0.2) is 46.0 Å². The van der Waals surface area contributed by atoms with Crippen LogP contribution in [-0.4, -0.2) is 25.3 Å². The summed E-state index contributed by atoms with van der Waals surface area (Å²) in [5.74, 6) is 0.122. The Kier molecular flexibility index (Phi) is 6.52. The number of hydrogen-bond acceptors (Lipinski definition) is 4. The molecule has 25 heavy (non-hydrogen) atoms. The number of hydrazone groups is 1. The van der Waals surface area contributed by atoms with Gasteiger partial charge >= 0.3 is 0 Å². The first kappa shape index (κ1) is 18.9. The van der Waals surface area contributed by atoms with E-state index in [2.05, 4.69) is 26.5 Å². The van der Waals surface area contributed by atoms with E-state index in [1.807, 2.05) is 13.8 Å². The van der Waals surface area contributed by atoms with Crippen molar-refractivity contribution < 1.29 is 18.7 Å². The Morgan fingerprint density at radius 1 is 1.24 bits per heavy atom. The molecule has 2 aromatic rings. The van der Waals surface area contributed by atoms with Crippen LogP contribution >= 0.6 is 15.9 Å². The van der Waals surface area contributed by atoms with E-state index < -0.39 is 11.7 Å². The third-order valence-electron chi connectivity index (χ3n) is 3.12. The number of hydrogen-bond donors (Lipinski definition) is 1. The van der Waals surface area contributed by atoms with Gasteiger partial charge in [-0.05, 0) is 50.2 Å². The summed E-state index contributed by atoms with van der Waals surface area (Å²) in [4.78, 5) is 12.2. The lowest BCUT2D eigenvalue weighted by molar-refractivity contribution is 0.0954. The summed E-state index contributed by atoms with van der Waals surface area (Å²) >= 11 is 3.25. The van der Waals surface area contributed by atoms with E-state index in [1.54, 1.807) is 30.3 Å². The average Bonchev–Trinajstić information content (AvgIpc) is 2.57. The van der Waals surface area contributed by atoms with E-state index in [4.69, 9.17) is 9.47 Å². The molecular formula is C18H18BrFN2O3. The second-order valence-electron chi connectivity index (χ2n) is 5.40. The lowest BCUT2D eigenvalue weighted by Gasteiger charge is -2.14. The van der Waals surface area contributed by atoms with Crippen LogP contribution in [0.2, 0.25) is 0 Å². The minimum Gasteiger partial charge on any atom is -0.493 e. The van der Waals surface area contributed by atoms with Gasteiger partial charge in [-0.1, -0.05) is 15.9 Å². The van der Waals surface area contributed by atoms with Gasteiger partial charge in [0.2, 0.25) is 0 Å². The molecule has 0 saturated heterocycles. The van der Waals surface area contributed by atoms with Crippen LogP contribution in [0.1, 0.15) is 29.8 Å². The maximum Gasteiger partial charge on any atom is 0.271 e. The SMILES string of the molecule is COc1cc(C(=O)N/N=C/c2cc(Br)ccc2F)ccc1OC(C)C. The van der Waals surface area contributed by atoms with Crippen LogP contribution < -0.4 is 14.9 Å². The van der Waals surface area contributed by atoms with Crippen LogP contribution in [0.5, 0.6) is 11.5 Å². The van der Waals surface area contributed by atoms with Crippen molar-refractivity contribution in [3.63, 3.8) is 0 Å². The zero-order valence-corrected chi connectivity index (χ0v) is 15.6. The fraction of sp³-hybridized carbons (Fsp3) is 0.222. The van der Waals surface area contributed by atoms with Crippen LogP contribution in [0, 0.1) is 5.82 Å². The van der Waals surface area contributed by atoms with Crippen molar-refractivity contribution in [2.24, 2.45) is 5.10 Å². The van der Waals surface area contributed by atoms with Gasteiger partial charge < -0.3 is 9.47 Å². The number of ether oxygens (including phenoxy) is 2. The van der Waals surface area contributed by atoms with Crippen molar-refractivity contribution in [2.45, 2.75) is 20.0 Å². The van der Waals surface area contributed by atoms with Crippen LogP contribution in [0.25, 0.3) is 0 Å². The van der Waals surface area contributed by atoms with E-state index in [0.717, 1.165) is 0 Å². The lowest BCUT2D eigenvalue weighted by atomic mass is 10.2. The molecule has 0 fully saturated rings. The van der Waals surface area contributed by atoms with Crippen molar-refractivity contribution in [3.05, 3.63) is 57.8 Å². The fourth-order valence-electron chi connectivity index (χ4n) is 2.00. The highest BCUT2D eigenvalue weighted by Crippen LogP contribution is 2.28. The Morgan fingerprint density at radius 3 is 2.68 bits per heavy atom. The average molecular weight is 409 g/mol. The summed E-state index contributed by atoms with van der Waals surface area (Å²) in [7, 11) is 1.50. The van der Waals surface area contributed by atoms with E-state index >= 15 is 0 Å². The molecule has 0 radical (unpaired) electrons. The number of carbonyl (C=O) groups is 1. The number of nitrogens with one attached hydrogen (secondary N) is 1. The highest BCUT2D eigenvalue weighted by atomic mass is 79.9.